The van der Waals surface area contributed by atoms with Crippen molar-refractivity contribution < 1.29 is 4.79 Å². The predicted molar refractivity (Wildman–Crippen MR) is 92.7 cm³/mol. The van der Waals surface area contributed by atoms with Crippen LogP contribution in [0.5, 0.6) is 0 Å². The van der Waals surface area contributed by atoms with E-state index in [-0.39, 0.29) is 11.4 Å². The van der Waals surface area contributed by atoms with Gasteiger partial charge >= 0.3 is 0 Å². The van der Waals surface area contributed by atoms with Gasteiger partial charge in [-0.3, -0.25) is 9.48 Å². The van der Waals surface area contributed by atoms with Crippen molar-refractivity contribution in [1.82, 2.24) is 20.1 Å². The molecule has 4 aliphatic carbocycles. The highest BCUT2D eigenvalue weighted by molar-refractivity contribution is 7.13. The molecule has 2 aromatic rings. The van der Waals surface area contributed by atoms with Crippen LogP contribution in [0.1, 0.15) is 49.0 Å². The van der Waals surface area contributed by atoms with Crippen LogP contribution in [0.4, 0.5) is 0 Å². The number of hydrogen-bond donors (Lipinski definition) is 1. The molecule has 0 unspecified atom stereocenters. The number of hydrogen-bond acceptors (Lipinski definition) is 4. The summed E-state index contributed by atoms with van der Waals surface area (Å²) in [6.07, 6.45) is 11.4. The van der Waals surface area contributed by atoms with E-state index in [0.717, 1.165) is 28.3 Å². The number of rotatable bonds is 3. The van der Waals surface area contributed by atoms with Gasteiger partial charge in [0.1, 0.15) is 10.7 Å². The molecule has 6 heteroatoms. The molecule has 4 fully saturated rings. The van der Waals surface area contributed by atoms with E-state index in [4.69, 9.17) is 0 Å². The highest BCUT2D eigenvalue weighted by Crippen LogP contribution is 2.55. The fourth-order valence-corrected chi connectivity index (χ4v) is 6.39. The molecule has 1 N–H and O–H groups in total. The Morgan fingerprint density at radius 1 is 1.25 bits per heavy atom. The van der Waals surface area contributed by atoms with Gasteiger partial charge in [0.2, 0.25) is 0 Å². The van der Waals surface area contributed by atoms with Gasteiger partial charge in [-0.15, -0.1) is 11.3 Å². The lowest BCUT2D eigenvalue weighted by molar-refractivity contribution is -0.0167. The molecule has 5 nitrogen and oxygen atoms in total. The molecule has 4 aliphatic rings. The summed E-state index contributed by atoms with van der Waals surface area (Å²) in [6.45, 7) is 0. The number of thiazole rings is 1. The zero-order chi connectivity index (χ0) is 16.3. The van der Waals surface area contributed by atoms with Crippen LogP contribution in [-0.4, -0.2) is 26.2 Å². The fraction of sp³-hybridized carbons (Fsp3) is 0.611. The molecule has 4 saturated carbocycles. The molecule has 0 atom stereocenters. The summed E-state index contributed by atoms with van der Waals surface area (Å²) in [5.41, 5.74) is 1.56. The Morgan fingerprint density at radius 3 is 2.50 bits per heavy atom. The van der Waals surface area contributed by atoms with Crippen molar-refractivity contribution in [2.45, 2.75) is 44.1 Å². The van der Waals surface area contributed by atoms with Crippen molar-refractivity contribution in [3.05, 3.63) is 23.5 Å². The predicted octanol–water partition coefficient (Wildman–Crippen LogP) is 3.24. The number of amides is 1. The highest BCUT2D eigenvalue weighted by Gasteiger charge is 2.51. The number of carbonyl (C=O) groups is 1. The van der Waals surface area contributed by atoms with E-state index in [9.17, 15) is 4.79 Å². The first-order chi connectivity index (χ1) is 11.6. The number of nitrogens with one attached hydrogen (secondary N) is 1. The first-order valence-corrected chi connectivity index (χ1v) is 9.74. The first kappa shape index (κ1) is 14.6. The maximum atomic E-state index is 12.8. The van der Waals surface area contributed by atoms with Crippen molar-refractivity contribution in [1.29, 1.82) is 0 Å². The maximum Gasteiger partial charge on any atom is 0.271 e. The third kappa shape index (κ3) is 2.39. The average Bonchev–Trinajstić information content (AvgIpc) is 3.13. The van der Waals surface area contributed by atoms with Crippen molar-refractivity contribution in [3.8, 4) is 10.6 Å². The van der Waals surface area contributed by atoms with Crippen molar-refractivity contribution in [2.24, 2.45) is 24.8 Å². The average molecular weight is 342 g/mol. The summed E-state index contributed by atoms with van der Waals surface area (Å²) in [6, 6.07) is 0. The molecule has 0 spiro atoms. The van der Waals surface area contributed by atoms with Crippen LogP contribution in [-0.2, 0) is 7.05 Å². The molecule has 0 aliphatic heterocycles. The molecule has 6 rings (SSSR count). The van der Waals surface area contributed by atoms with Gasteiger partial charge in [0.05, 0.1) is 6.20 Å². The van der Waals surface area contributed by atoms with E-state index in [1.165, 1.54) is 49.9 Å². The van der Waals surface area contributed by atoms with E-state index in [1.54, 1.807) is 10.9 Å². The lowest BCUT2D eigenvalue weighted by atomic mass is 9.53. The van der Waals surface area contributed by atoms with Crippen LogP contribution < -0.4 is 5.32 Å². The van der Waals surface area contributed by atoms with Crippen LogP contribution in [0.15, 0.2) is 17.8 Å². The maximum absolute atomic E-state index is 12.8. The summed E-state index contributed by atoms with van der Waals surface area (Å²) in [7, 11) is 1.89. The normalized spacial score (nSPS) is 33.8. The quantitative estimate of drug-likeness (QED) is 0.931. The van der Waals surface area contributed by atoms with Crippen LogP contribution in [0.3, 0.4) is 0 Å². The molecule has 126 valence electrons. The van der Waals surface area contributed by atoms with E-state index < -0.39 is 0 Å². The van der Waals surface area contributed by atoms with Gasteiger partial charge in [0.15, 0.2) is 0 Å². The van der Waals surface area contributed by atoms with Gasteiger partial charge in [-0.05, 0) is 56.3 Å². The molecule has 1 amide bonds. The summed E-state index contributed by atoms with van der Waals surface area (Å²) < 4.78 is 1.76. The van der Waals surface area contributed by atoms with Crippen LogP contribution >= 0.6 is 11.3 Å². The topological polar surface area (TPSA) is 59.8 Å². The SMILES string of the molecule is Cn1cc(-c2nc(C(=O)NC34CC5CC(CC(C5)C3)C4)cs2)cn1. The monoisotopic (exact) mass is 342 g/mol. The van der Waals surface area contributed by atoms with Crippen molar-refractivity contribution >= 4 is 17.2 Å². The Balaban J connectivity index is 1.35. The van der Waals surface area contributed by atoms with Gasteiger partial charge < -0.3 is 5.32 Å². The van der Waals surface area contributed by atoms with Crippen molar-refractivity contribution in [2.75, 3.05) is 0 Å². The molecule has 2 heterocycles. The number of carbonyl (C=O) groups excluding carboxylic acids is 1. The smallest absolute Gasteiger partial charge is 0.271 e. The van der Waals surface area contributed by atoms with Crippen molar-refractivity contribution in [3.63, 3.8) is 0 Å². The Labute approximate surface area is 145 Å². The van der Waals surface area contributed by atoms with Gasteiger partial charge in [-0.1, -0.05) is 0 Å². The van der Waals surface area contributed by atoms with Gasteiger partial charge in [-0.25, -0.2) is 4.98 Å². The molecule has 0 radical (unpaired) electrons. The van der Waals surface area contributed by atoms with E-state index >= 15 is 0 Å². The number of aryl methyl sites for hydroxylation is 1. The minimum atomic E-state index is 0.00309. The summed E-state index contributed by atoms with van der Waals surface area (Å²) in [4.78, 5) is 17.3. The van der Waals surface area contributed by atoms with Crippen LogP contribution in [0.25, 0.3) is 10.6 Å². The lowest BCUT2D eigenvalue weighted by Crippen LogP contribution is -2.59. The van der Waals surface area contributed by atoms with Gasteiger partial charge in [-0.2, -0.15) is 5.10 Å². The van der Waals surface area contributed by atoms with E-state index in [2.05, 4.69) is 15.4 Å². The summed E-state index contributed by atoms with van der Waals surface area (Å²) >= 11 is 1.51. The van der Waals surface area contributed by atoms with Crippen LogP contribution in [0.2, 0.25) is 0 Å². The second-order valence-electron chi connectivity index (χ2n) is 8.09. The second kappa shape index (κ2) is 5.15. The summed E-state index contributed by atoms with van der Waals surface area (Å²) in [5.74, 6) is 2.50. The van der Waals surface area contributed by atoms with Crippen LogP contribution in [0, 0.1) is 17.8 Å². The lowest BCUT2D eigenvalue weighted by Gasteiger charge is -2.56. The second-order valence-corrected chi connectivity index (χ2v) is 8.95. The Bertz CT molecular complexity index is 757. The Hall–Kier alpha value is -1.69. The summed E-state index contributed by atoms with van der Waals surface area (Å²) in [5, 5.41) is 10.3. The largest absolute Gasteiger partial charge is 0.345 e. The number of nitrogens with zero attached hydrogens (tertiary/aromatic N) is 3. The molecule has 0 aromatic carbocycles. The minimum Gasteiger partial charge on any atom is -0.345 e. The minimum absolute atomic E-state index is 0.00309. The standard InChI is InChI=1S/C18H22N4OS/c1-22-9-14(8-19-22)17-20-15(10-24-17)16(23)21-18-5-11-2-12(6-18)4-13(3-11)7-18/h8-13H,2-7H2,1H3,(H,21,23). The van der Waals surface area contributed by atoms with E-state index in [1.807, 2.05) is 18.6 Å². The van der Waals surface area contributed by atoms with Gasteiger partial charge in [0.25, 0.3) is 5.91 Å². The third-order valence-corrected chi connectivity index (χ3v) is 7.00. The first-order valence-electron chi connectivity index (χ1n) is 8.86. The molecule has 24 heavy (non-hydrogen) atoms. The molecular weight excluding hydrogens is 320 g/mol. The highest BCUT2D eigenvalue weighted by atomic mass is 32.1. The zero-order valence-corrected chi connectivity index (χ0v) is 14.7. The molecule has 2 aromatic heterocycles. The third-order valence-electron chi connectivity index (χ3n) is 6.11. The number of aromatic nitrogens is 3. The van der Waals surface area contributed by atoms with Gasteiger partial charge in [0, 0.05) is 29.7 Å². The molecule has 0 saturated heterocycles. The Morgan fingerprint density at radius 2 is 1.92 bits per heavy atom. The zero-order valence-electron chi connectivity index (χ0n) is 13.9. The van der Waals surface area contributed by atoms with E-state index in [0.29, 0.717) is 5.69 Å². The fourth-order valence-electron chi connectivity index (χ4n) is 5.61. The molecular formula is C18H22N4OS. The molecule has 4 bridgehead atoms. The Kier molecular flexibility index (Phi) is 3.14.